The number of quaternary nitrogens is 1. The average molecular weight is 310 g/mol. The van der Waals surface area contributed by atoms with Crippen molar-refractivity contribution < 1.29 is 10.4 Å². The van der Waals surface area contributed by atoms with Crippen LogP contribution in [0.2, 0.25) is 0 Å². The highest BCUT2D eigenvalue weighted by Crippen LogP contribution is 2.42. The maximum absolute atomic E-state index is 11.2. The van der Waals surface area contributed by atoms with Crippen molar-refractivity contribution in [2.24, 2.45) is 11.8 Å². The highest BCUT2D eigenvalue weighted by Gasteiger charge is 2.49. The molecule has 0 spiro atoms. The molecular weight excluding hydrogens is 282 g/mol. The first-order chi connectivity index (χ1) is 11.0. The lowest BCUT2D eigenvalue weighted by molar-refractivity contribution is -0.758. The Bertz CT molecular complexity index is 621. The first-order valence-electron chi connectivity index (χ1n) is 8.66. The zero-order valence-corrected chi connectivity index (χ0v) is 14.3. The van der Waals surface area contributed by atoms with Crippen LogP contribution in [0.25, 0.3) is 0 Å². The maximum atomic E-state index is 11.2. The fourth-order valence-corrected chi connectivity index (χ4v) is 4.46. The Labute approximate surface area is 139 Å². The molecule has 0 unspecified atom stereocenters. The standard InChI is InChI=1S/C21H27NO/c1-15(2)19-20(17-12-8-5-9-13-17)22-18(14-21(19,3)23)16-10-6-4-7-11-16/h4-13,15,18-20,22-23H,14H2,1-3H3/p+1/t18-,19-,20+,21+/m0/s1. The van der Waals surface area contributed by atoms with E-state index in [0.717, 1.165) is 6.42 Å². The molecule has 0 aliphatic carbocycles. The van der Waals surface area contributed by atoms with Gasteiger partial charge in [0.15, 0.2) is 0 Å². The molecular formula is C21H28NO+. The molecule has 4 atom stereocenters. The molecule has 1 saturated heterocycles. The Kier molecular flexibility index (Phi) is 4.56. The van der Waals surface area contributed by atoms with Crippen molar-refractivity contribution in [1.82, 2.24) is 0 Å². The van der Waals surface area contributed by atoms with Crippen LogP contribution in [0.4, 0.5) is 0 Å². The van der Waals surface area contributed by atoms with Gasteiger partial charge < -0.3 is 10.4 Å². The third-order valence-corrected chi connectivity index (χ3v) is 5.31. The summed E-state index contributed by atoms with van der Waals surface area (Å²) in [7, 11) is 0. The summed E-state index contributed by atoms with van der Waals surface area (Å²) < 4.78 is 0. The monoisotopic (exact) mass is 310 g/mol. The number of benzene rings is 2. The van der Waals surface area contributed by atoms with E-state index in [1.54, 1.807) is 0 Å². The molecule has 2 nitrogen and oxygen atoms in total. The summed E-state index contributed by atoms with van der Waals surface area (Å²) in [6, 6.07) is 21.8. The van der Waals surface area contributed by atoms with Crippen molar-refractivity contribution in [2.75, 3.05) is 0 Å². The molecule has 2 heteroatoms. The average Bonchev–Trinajstić information content (AvgIpc) is 2.54. The molecule has 122 valence electrons. The highest BCUT2D eigenvalue weighted by atomic mass is 16.3. The van der Waals surface area contributed by atoms with Crippen molar-refractivity contribution in [3.8, 4) is 0 Å². The Morgan fingerprint density at radius 1 is 0.957 bits per heavy atom. The van der Waals surface area contributed by atoms with Gasteiger partial charge in [0.05, 0.1) is 5.60 Å². The molecule has 2 aromatic carbocycles. The van der Waals surface area contributed by atoms with Crippen LogP contribution in [0.5, 0.6) is 0 Å². The third kappa shape index (κ3) is 3.34. The van der Waals surface area contributed by atoms with E-state index in [2.05, 4.69) is 79.8 Å². The summed E-state index contributed by atoms with van der Waals surface area (Å²) >= 11 is 0. The van der Waals surface area contributed by atoms with Crippen LogP contribution in [-0.4, -0.2) is 10.7 Å². The molecule has 0 bridgehead atoms. The second-order valence-electron chi connectivity index (χ2n) is 7.48. The second kappa shape index (κ2) is 6.46. The molecule has 0 amide bonds. The van der Waals surface area contributed by atoms with Gasteiger partial charge in [-0.25, -0.2) is 0 Å². The lowest BCUT2D eigenvalue weighted by Crippen LogP contribution is -2.91. The summed E-state index contributed by atoms with van der Waals surface area (Å²) in [5, 5.41) is 13.7. The van der Waals surface area contributed by atoms with E-state index < -0.39 is 5.60 Å². The molecule has 0 aromatic heterocycles. The van der Waals surface area contributed by atoms with Gasteiger partial charge in [-0.2, -0.15) is 0 Å². The molecule has 3 rings (SSSR count). The minimum absolute atomic E-state index is 0.241. The van der Waals surface area contributed by atoms with Gasteiger partial charge in [0.1, 0.15) is 12.1 Å². The van der Waals surface area contributed by atoms with Gasteiger partial charge in [0, 0.05) is 23.5 Å². The molecule has 23 heavy (non-hydrogen) atoms. The quantitative estimate of drug-likeness (QED) is 0.895. The lowest BCUT2D eigenvalue weighted by Gasteiger charge is -2.46. The topological polar surface area (TPSA) is 36.8 Å². The van der Waals surface area contributed by atoms with Gasteiger partial charge >= 0.3 is 0 Å². The normalized spacial score (nSPS) is 31.3. The van der Waals surface area contributed by atoms with Gasteiger partial charge in [-0.15, -0.1) is 0 Å². The Balaban J connectivity index is 1.99. The SMILES string of the molecule is CC(C)[C@H]1[C@@H](c2ccccc2)[NH2+][C@H](c2ccccc2)C[C@@]1(C)O. The van der Waals surface area contributed by atoms with Crippen LogP contribution < -0.4 is 5.32 Å². The van der Waals surface area contributed by atoms with Crippen molar-refractivity contribution in [1.29, 1.82) is 0 Å². The van der Waals surface area contributed by atoms with Crippen LogP contribution in [0.3, 0.4) is 0 Å². The van der Waals surface area contributed by atoms with Gasteiger partial charge in [-0.3, -0.25) is 0 Å². The number of hydrogen-bond donors (Lipinski definition) is 2. The Hall–Kier alpha value is -1.64. The van der Waals surface area contributed by atoms with Crippen molar-refractivity contribution in [2.45, 2.75) is 44.9 Å². The number of hydrogen-bond acceptors (Lipinski definition) is 1. The van der Waals surface area contributed by atoms with Gasteiger partial charge in [0.25, 0.3) is 0 Å². The summed E-state index contributed by atoms with van der Waals surface area (Å²) in [5.74, 6) is 0.674. The van der Waals surface area contributed by atoms with Crippen molar-refractivity contribution in [3.63, 3.8) is 0 Å². The molecule has 0 radical (unpaired) electrons. The predicted octanol–water partition coefficient (Wildman–Crippen LogP) is 3.46. The van der Waals surface area contributed by atoms with Gasteiger partial charge in [-0.1, -0.05) is 74.5 Å². The second-order valence-corrected chi connectivity index (χ2v) is 7.48. The van der Waals surface area contributed by atoms with E-state index >= 15 is 0 Å². The number of aliphatic hydroxyl groups is 1. The largest absolute Gasteiger partial charge is 0.389 e. The summed E-state index contributed by atoms with van der Waals surface area (Å²) in [6.45, 7) is 6.48. The van der Waals surface area contributed by atoms with Crippen LogP contribution in [0.1, 0.15) is 50.4 Å². The fourth-order valence-electron chi connectivity index (χ4n) is 4.46. The maximum Gasteiger partial charge on any atom is 0.118 e. The zero-order valence-electron chi connectivity index (χ0n) is 14.3. The molecule has 1 aliphatic heterocycles. The molecule has 2 aromatic rings. The predicted molar refractivity (Wildman–Crippen MR) is 93.9 cm³/mol. The van der Waals surface area contributed by atoms with Gasteiger partial charge in [0.2, 0.25) is 0 Å². The minimum atomic E-state index is -0.663. The molecule has 1 heterocycles. The lowest BCUT2D eigenvalue weighted by atomic mass is 9.67. The fraction of sp³-hybridized carbons (Fsp3) is 0.429. The van der Waals surface area contributed by atoms with E-state index in [1.807, 2.05) is 6.92 Å². The van der Waals surface area contributed by atoms with Crippen molar-refractivity contribution >= 4 is 0 Å². The van der Waals surface area contributed by atoms with E-state index in [4.69, 9.17) is 0 Å². The molecule has 1 fully saturated rings. The molecule has 3 N–H and O–H groups in total. The summed E-state index contributed by atoms with van der Waals surface area (Å²) in [4.78, 5) is 0. The first kappa shape index (κ1) is 16.2. The van der Waals surface area contributed by atoms with Crippen LogP contribution >= 0.6 is 0 Å². The van der Waals surface area contributed by atoms with E-state index in [1.165, 1.54) is 11.1 Å². The first-order valence-corrected chi connectivity index (χ1v) is 8.66. The Morgan fingerprint density at radius 3 is 2.00 bits per heavy atom. The van der Waals surface area contributed by atoms with Crippen molar-refractivity contribution in [3.05, 3.63) is 71.8 Å². The van der Waals surface area contributed by atoms with Crippen LogP contribution in [0.15, 0.2) is 60.7 Å². The number of rotatable bonds is 3. The Morgan fingerprint density at radius 2 is 1.48 bits per heavy atom. The zero-order chi connectivity index (χ0) is 16.4. The van der Waals surface area contributed by atoms with E-state index in [0.29, 0.717) is 12.0 Å². The van der Waals surface area contributed by atoms with Crippen LogP contribution in [0, 0.1) is 11.8 Å². The molecule has 1 aliphatic rings. The summed E-state index contributed by atoms with van der Waals surface area (Å²) in [5.41, 5.74) is 1.95. The minimum Gasteiger partial charge on any atom is -0.389 e. The number of piperidine rings is 1. The summed E-state index contributed by atoms with van der Waals surface area (Å²) in [6.07, 6.45) is 0.795. The van der Waals surface area contributed by atoms with Gasteiger partial charge in [-0.05, 0) is 12.8 Å². The van der Waals surface area contributed by atoms with Crippen LogP contribution in [-0.2, 0) is 0 Å². The third-order valence-electron chi connectivity index (χ3n) is 5.31. The van der Waals surface area contributed by atoms with E-state index in [9.17, 15) is 5.11 Å². The molecule has 0 saturated carbocycles. The number of nitrogens with two attached hydrogens (primary N) is 1. The smallest absolute Gasteiger partial charge is 0.118 e. The van der Waals surface area contributed by atoms with E-state index in [-0.39, 0.29) is 12.0 Å². The highest BCUT2D eigenvalue weighted by molar-refractivity contribution is 5.22.